The molecule has 0 radical (unpaired) electrons. The number of carbonyl (C=O) groups excluding carboxylic acids is 1. The zero-order valence-corrected chi connectivity index (χ0v) is 12.3. The van der Waals surface area contributed by atoms with Crippen LogP contribution in [0.3, 0.4) is 0 Å². The molecule has 0 aliphatic carbocycles. The fourth-order valence-electron chi connectivity index (χ4n) is 2.69. The van der Waals surface area contributed by atoms with Crippen molar-refractivity contribution in [1.29, 1.82) is 0 Å². The Kier molecular flexibility index (Phi) is 3.65. The van der Waals surface area contributed by atoms with Gasteiger partial charge in [0.15, 0.2) is 0 Å². The highest BCUT2D eigenvalue weighted by molar-refractivity contribution is 6.17. The standard InChI is InChI=1S/C17H17N3O2/c1-10-2-3-12-13(8-10)15-11(4-6-19-17(15)22)9-14(12)16(21)20-7-5-18/h2-4,6,8-9H,5,7,18H2,1H3,(H,19,22)(H,20,21). The van der Waals surface area contributed by atoms with Crippen LogP contribution in [0.4, 0.5) is 0 Å². The monoisotopic (exact) mass is 295 g/mol. The summed E-state index contributed by atoms with van der Waals surface area (Å²) in [4.78, 5) is 27.3. The van der Waals surface area contributed by atoms with E-state index in [0.717, 1.165) is 21.7 Å². The number of nitrogens with two attached hydrogens (primary N) is 1. The number of aryl methyl sites for hydroxylation is 1. The molecule has 5 heteroatoms. The van der Waals surface area contributed by atoms with E-state index >= 15 is 0 Å². The van der Waals surface area contributed by atoms with Gasteiger partial charge in [0.25, 0.3) is 11.5 Å². The Hall–Kier alpha value is -2.66. The predicted octanol–water partition coefficient (Wildman–Crippen LogP) is 1.68. The molecule has 112 valence electrons. The van der Waals surface area contributed by atoms with Crippen molar-refractivity contribution in [2.24, 2.45) is 5.73 Å². The van der Waals surface area contributed by atoms with Crippen molar-refractivity contribution in [2.45, 2.75) is 6.92 Å². The number of aromatic amines is 1. The maximum Gasteiger partial charge on any atom is 0.256 e. The second-order valence-electron chi connectivity index (χ2n) is 5.29. The van der Waals surface area contributed by atoms with E-state index in [2.05, 4.69) is 10.3 Å². The molecule has 0 aliphatic rings. The SMILES string of the molecule is Cc1ccc2c(C(=O)NCCN)cc3cc[nH]c(=O)c3c2c1. The van der Waals surface area contributed by atoms with E-state index in [1.165, 1.54) is 0 Å². The number of hydrogen-bond donors (Lipinski definition) is 3. The number of amides is 1. The van der Waals surface area contributed by atoms with Gasteiger partial charge in [0.1, 0.15) is 0 Å². The van der Waals surface area contributed by atoms with Crippen molar-refractivity contribution in [3.8, 4) is 0 Å². The van der Waals surface area contributed by atoms with E-state index in [0.29, 0.717) is 24.0 Å². The zero-order chi connectivity index (χ0) is 15.7. The molecule has 0 unspecified atom stereocenters. The smallest absolute Gasteiger partial charge is 0.256 e. The van der Waals surface area contributed by atoms with Crippen LogP contribution >= 0.6 is 0 Å². The number of carbonyl (C=O) groups is 1. The van der Waals surface area contributed by atoms with Crippen molar-refractivity contribution >= 4 is 27.5 Å². The summed E-state index contributed by atoms with van der Waals surface area (Å²) in [5.74, 6) is -0.179. The average Bonchev–Trinajstić information content (AvgIpc) is 2.51. The number of fused-ring (bicyclic) bond motifs is 3. The number of H-pyrrole nitrogens is 1. The molecule has 3 aromatic rings. The minimum atomic E-state index is -0.179. The van der Waals surface area contributed by atoms with Gasteiger partial charge in [0.05, 0.1) is 5.39 Å². The minimum absolute atomic E-state index is 0.151. The highest BCUT2D eigenvalue weighted by atomic mass is 16.1. The molecule has 0 spiro atoms. The summed E-state index contributed by atoms with van der Waals surface area (Å²) >= 11 is 0. The molecule has 0 saturated heterocycles. The summed E-state index contributed by atoms with van der Waals surface area (Å²) in [7, 11) is 0. The van der Waals surface area contributed by atoms with Crippen molar-refractivity contribution in [1.82, 2.24) is 10.3 Å². The van der Waals surface area contributed by atoms with E-state index in [-0.39, 0.29) is 11.5 Å². The third-order valence-electron chi connectivity index (χ3n) is 3.70. The highest BCUT2D eigenvalue weighted by Crippen LogP contribution is 2.27. The van der Waals surface area contributed by atoms with Gasteiger partial charge in [-0.3, -0.25) is 9.59 Å². The lowest BCUT2D eigenvalue weighted by molar-refractivity contribution is 0.0956. The van der Waals surface area contributed by atoms with Gasteiger partial charge in [-0.15, -0.1) is 0 Å². The van der Waals surface area contributed by atoms with E-state index < -0.39 is 0 Å². The first kappa shape index (κ1) is 14.3. The van der Waals surface area contributed by atoms with Gasteiger partial charge in [-0.25, -0.2) is 0 Å². The molecule has 0 atom stereocenters. The number of rotatable bonds is 3. The fourth-order valence-corrected chi connectivity index (χ4v) is 2.69. The molecule has 1 heterocycles. The summed E-state index contributed by atoms with van der Waals surface area (Å²) in [5, 5.41) is 5.70. The van der Waals surface area contributed by atoms with Crippen molar-refractivity contribution in [3.63, 3.8) is 0 Å². The van der Waals surface area contributed by atoms with Crippen LogP contribution in [0.25, 0.3) is 21.5 Å². The summed E-state index contributed by atoms with van der Waals surface area (Å²) in [6.45, 7) is 2.76. The fraction of sp³-hybridized carbons (Fsp3) is 0.176. The second-order valence-corrected chi connectivity index (χ2v) is 5.29. The van der Waals surface area contributed by atoms with Crippen LogP contribution in [0.2, 0.25) is 0 Å². The maximum absolute atomic E-state index is 12.4. The molecule has 5 nitrogen and oxygen atoms in total. The Morgan fingerprint density at radius 1 is 1.23 bits per heavy atom. The third kappa shape index (κ3) is 2.35. The molecule has 3 rings (SSSR count). The van der Waals surface area contributed by atoms with Crippen LogP contribution in [0.5, 0.6) is 0 Å². The first-order valence-corrected chi connectivity index (χ1v) is 7.15. The number of benzene rings is 2. The van der Waals surface area contributed by atoms with Gasteiger partial charge in [-0.05, 0) is 35.2 Å². The van der Waals surface area contributed by atoms with Crippen LogP contribution in [-0.2, 0) is 0 Å². The second kappa shape index (κ2) is 5.61. The quantitative estimate of drug-likeness (QED) is 0.642. The van der Waals surface area contributed by atoms with Gasteiger partial charge >= 0.3 is 0 Å². The van der Waals surface area contributed by atoms with Crippen LogP contribution in [0.1, 0.15) is 15.9 Å². The normalized spacial score (nSPS) is 11.0. The molecule has 0 fully saturated rings. The lowest BCUT2D eigenvalue weighted by atomic mass is 9.96. The molecular weight excluding hydrogens is 278 g/mol. The van der Waals surface area contributed by atoms with Gasteiger partial charge in [-0.2, -0.15) is 0 Å². The highest BCUT2D eigenvalue weighted by Gasteiger charge is 2.14. The zero-order valence-electron chi connectivity index (χ0n) is 12.3. The van der Waals surface area contributed by atoms with Gasteiger partial charge in [0.2, 0.25) is 0 Å². The van der Waals surface area contributed by atoms with Gasteiger partial charge in [-0.1, -0.05) is 23.8 Å². The first-order chi connectivity index (χ1) is 10.6. The Morgan fingerprint density at radius 3 is 2.82 bits per heavy atom. The topological polar surface area (TPSA) is 88.0 Å². The van der Waals surface area contributed by atoms with Gasteiger partial charge < -0.3 is 16.0 Å². The Labute approximate surface area is 127 Å². The van der Waals surface area contributed by atoms with Crippen LogP contribution < -0.4 is 16.6 Å². The van der Waals surface area contributed by atoms with Crippen molar-refractivity contribution in [3.05, 3.63) is 58.0 Å². The molecule has 4 N–H and O–H groups in total. The first-order valence-electron chi connectivity index (χ1n) is 7.15. The molecular formula is C17H17N3O2. The molecule has 0 bridgehead atoms. The minimum Gasteiger partial charge on any atom is -0.351 e. The Morgan fingerprint density at radius 2 is 2.05 bits per heavy atom. The number of nitrogens with one attached hydrogen (secondary N) is 2. The summed E-state index contributed by atoms with van der Waals surface area (Å²) < 4.78 is 0. The maximum atomic E-state index is 12.4. The predicted molar refractivity (Wildman–Crippen MR) is 88.2 cm³/mol. The molecule has 0 aliphatic heterocycles. The largest absolute Gasteiger partial charge is 0.351 e. The van der Waals surface area contributed by atoms with E-state index in [9.17, 15) is 9.59 Å². The van der Waals surface area contributed by atoms with Crippen LogP contribution in [0.15, 0.2) is 41.3 Å². The van der Waals surface area contributed by atoms with E-state index in [1.54, 1.807) is 18.3 Å². The van der Waals surface area contributed by atoms with Crippen molar-refractivity contribution in [2.75, 3.05) is 13.1 Å². The summed E-state index contributed by atoms with van der Waals surface area (Å²) in [6, 6.07) is 9.32. The molecule has 1 amide bonds. The van der Waals surface area contributed by atoms with Crippen LogP contribution in [0, 0.1) is 6.92 Å². The Balaban J connectivity index is 2.37. The molecule has 0 saturated carbocycles. The molecule has 1 aromatic heterocycles. The number of hydrogen-bond acceptors (Lipinski definition) is 3. The van der Waals surface area contributed by atoms with E-state index in [4.69, 9.17) is 5.73 Å². The van der Waals surface area contributed by atoms with Crippen molar-refractivity contribution < 1.29 is 4.79 Å². The lowest BCUT2D eigenvalue weighted by Crippen LogP contribution is -2.29. The number of aromatic nitrogens is 1. The van der Waals surface area contributed by atoms with Crippen LogP contribution in [-0.4, -0.2) is 24.0 Å². The molecule has 22 heavy (non-hydrogen) atoms. The number of pyridine rings is 1. The summed E-state index contributed by atoms with van der Waals surface area (Å²) in [5.41, 5.74) is 6.88. The Bertz CT molecular complexity index is 928. The molecule has 2 aromatic carbocycles. The van der Waals surface area contributed by atoms with E-state index in [1.807, 2.05) is 25.1 Å². The third-order valence-corrected chi connectivity index (χ3v) is 3.70. The van der Waals surface area contributed by atoms with Gasteiger partial charge in [0, 0.05) is 24.8 Å². The lowest BCUT2D eigenvalue weighted by Gasteiger charge is -2.11. The average molecular weight is 295 g/mol. The summed E-state index contributed by atoms with van der Waals surface area (Å²) in [6.07, 6.45) is 1.59.